The van der Waals surface area contributed by atoms with E-state index in [1.165, 1.54) is 36.6 Å². The molecule has 1 aliphatic rings. The topological polar surface area (TPSA) is 55.6 Å². The van der Waals surface area contributed by atoms with Crippen LogP contribution in [0.3, 0.4) is 0 Å². The molecule has 0 atom stereocenters. The van der Waals surface area contributed by atoms with Crippen LogP contribution < -0.4 is 5.32 Å². The second-order valence-electron chi connectivity index (χ2n) is 7.64. The Balaban J connectivity index is 1.48. The summed E-state index contributed by atoms with van der Waals surface area (Å²) in [6, 6.07) is 6.26. The standard InChI is InChI=1S/C21H22FN5S/c1-23-16-5-3-12(4-6-16)18-9-14-10-24-20(25-21(14)28-18)13-7-15-11-27(2)26-19(15)17(22)8-13/h7-12,16,23H,3-6H2,1-2H3. The highest BCUT2D eigenvalue weighted by Crippen LogP contribution is 2.38. The first-order valence-corrected chi connectivity index (χ1v) is 10.5. The molecule has 28 heavy (non-hydrogen) atoms. The van der Waals surface area contributed by atoms with E-state index in [1.54, 1.807) is 23.1 Å². The number of halogens is 1. The first kappa shape index (κ1) is 17.7. The van der Waals surface area contributed by atoms with E-state index in [-0.39, 0.29) is 5.82 Å². The summed E-state index contributed by atoms with van der Waals surface area (Å²) in [5.41, 5.74) is 1.06. The monoisotopic (exact) mass is 395 g/mol. The molecule has 0 spiro atoms. The number of nitrogens with zero attached hydrogens (tertiary/aromatic N) is 4. The molecule has 3 heterocycles. The highest BCUT2D eigenvalue weighted by molar-refractivity contribution is 7.18. The van der Waals surface area contributed by atoms with Gasteiger partial charge < -0.3 is 5.32 Å². The van der Waals surface area contributed by atoms with Gasteiger partial charge in [-0.25, -0.2) is 14.4 Å². The van der Waals surface area contributed by atoms with Crippen LogP contribution in [-0.4, -0.2) is 32.8 Å². The van der Waals surface area contributed by atoms with Gasteiger partial charge in [0.25, 0.3) is 0 Å². The largest absolute Gasteiger partial charge is 0.317 e. The van der Waals surface area contributed by atoms with E-state index in [9.17, 15) is 4.39 Å². The number of benzene rings is 1. The summed E-state index contributed by atoms with van der Waals surface area (Å²) in [7, 11) is 3.84. The van der Waals surface area contributed by atoms with Gasteiger partial charge in [0.2, 0.25) is 0 Å². The quantitative estimate of drug-likeness (QED) is 0.549. The van der Waals surface area contributed by atoms with Crippen molar-refractivity contribution in [3.05, 3.63) is 41.3 Å². The number of thiophene rings is 1. The molecular weight excluding hydrogens is 373 g/mol. The van der Waals surface area contributed by atoms with Crippen LogP contribution in [0.15, 0.2) is 30.6 Å². The molecule has 1 saturated carbocycles. The van der Waals surface area contributed by atoms with Gasteiger partial charge in [-0.1, -0.05) is 0 Å². The molecule has 0 unspecified atom stereocenters. The molecule has 7 heteroatoms. The Kier molecular flexibility index (Phi) is 4.36. The summed E-state index contributed by atoms with van der Waals surface area (Å²) in [4.78, 5) is 11.6. The lowest BCUT2D eigenvalue weighted by Gasteiger charge is -2.27. The van der Waals surface area contributed by atoms with Crippen LogP contribution in [0.25, 0.3) is 32.5 Å². The summed E-state index contributed by atoms with van der Waals surface area (Å²) in [5.74, 6) is 0.825. The lowest BCUT2D eigenvalue weighted by atomic mass is 9.85. The first-order chi connectivity index (χ1) is 13.6. The van der Waals surface area contributed by atoms with Crippen molar-refractivity contribution in [1.29, 1.82) is 0 Å². The Morgan fingerprint density at radius 3 is 2.75 bits per heavy atom. The molecule has 0 saturated heterocycles. The number of nitrogens with one attached hydrogen (secondary N) is 1. The van der Waals surface area contributed by atoms with Gasteiger partial charge in [-0.3, -0.25) is 4.68 Å². The molecule has 1 aliphatic carbocycles. The van der Waals surface area contributed by atoms with Crippen LogP contribution in [-0.2, 0) is 7.05 Å². The normalized spacial score (nSPS) is 20.2. The Morgan fingerprint density at radius 2 is 1.96 bits per heavy atom. The van der Waals surface area contributed by atoms with Gasteiger partial charge in [-0.2, -0.15) is 5.10 Å². The molecule has 0 amide bonds. The SMILES string of the molecule is CNC1CCC(c2cc3cnc(-c4cc(F)c5nn(C)cc5c4)nc3s2)CC1. The molecule has 0 bridgehead atoms. The maximum absolute atomic E-state index is 14.4. The lowest BCUT2D eigenvalue weighted by Crippen LogP contribution is -2.29. The Bertz CT molecular complexity index is 1160. The highest BCUT2D eigenvalue weighted by Gasteiger charge is 2.23. The second-order valence-corrected chi connectivity index (χ2v) is 8.70. The van der Waals surface area contributed by atoms with Crippen LogP contribution in [0.4, 0.5) is 4.39 Å². The van der Waals surface area contributed by atoms with Gasteiger partial charge in [0.15, 0.2) is 11.6 Å². The van der Waals surface area contributed by atoms with Crippen LogP contribution in [0.1, 0.15) is 36.5 Å². The third-order valence-corrected chi connectivity index (χ3v) is 6.97. The molecule has 0 radical (unpaired) electrons. The number of aromatic nitrogens is 4. The zero-order valence-corrected chi connectivity index (χ0v) is 16.8. The number of aryl methyl sites for hydroxylation is 1. The van der Waals surface area contributed by atoms with Gasteiger partial charge in [-0.05, 0) is 56.8 Å². The Labute approximate surface area is 166 Å². The van der Waals surface area contributed by atoms with E-state index in [0.717, 1.165) is 15.6 Å². The van der Waals surface area contributed by atoms with Crippen molar-refractivity contribution < 1.29 is 4.39 Å². The van der Waals surface area contributed by atoms with Crippen LogP contribution in [0.5, 0.6) is 0 Å². The average molecular weight is 396 g/mol. The summed E-state index contributed by atoms with van der Waals surface area (Å²) < 4.78 is 16.1. The maximum Gasteiger partial charge on any atom is 0.160 e. The number of hydrogen-bond acceptors (Lipinski definition) is 5. The van der Waals surface area contributed by atoms with Gasteiger partial charge in [0.05, 0.1) is 0 Å². The van der Waals surface area contributed by atoms with E-state index in [2.05, 4.69) is 21.5 Å². The van der Waals surface area contributed by atoms with Crippen molar-refractivity contribution in [2.24, 2.45) is 7.05 Å². The van der Waals surface area contributed by atoms with Crippen molar-refractivity contribution in [1.82, 2.24) is 25.1 Å². The molecular formula is C21H22FN5S. The summed E-state index contributed by atoms with van der Waals surface area (Å²) in [6.45, 7) is 0. The molecule has 144 valence electrons. The molecule has 5 rings (SSSR count). The minimum absolute atomic E-state index is 0.343. The van der Waals surface area contributed by atoms with Gasteiger partial charge in [0.1, 0.15) is 10.3 Å². The summed E-state index contributed by atoms with van der Waals surface area (Å²) in [5, 5.41) is 9.38. The van der Waals surface area contributed by atoms with Crippen LogP contribution >= 0.6 is 11.3 Å². The van der Waals surface area contributed by atoms with Crippen molar-refractivity contribution >= 4 is 32.5 Å². The van der Waals surface area contributed by atoms with E-state index < -0.39 is 0 Å². The Morgan fingerprint density at radius 1 is 1.14 bits per heavy atom. The summed E-state index contributed by atoms with van der Waals surface area (Å²) >= 11 is 1.75. The second kappa shape index (κ2) is 6.90. The van der Waals surface area contributed by atoms with E-state index in [4.69, 9.17) is 4.98 Å². The van der Waals surface area contributed by atoms with E-state index in [1.807, 2.05) is 25.5 Å². The highest BCUT2D eigenvalue weighted by atomic mass is 32.1. The predicted octanol–water partition coefficient (Wildman–Crippen LogP) is 4.63. The fourth-order valence-corrected chi connectivity index (χ4v) is 5.37. The van der Waals surface area contributed by atoms with E-state index in [0.29, 0.717) is 28.9 Å². The third kappa shape index (κ3) is 3.08. The van der Waals surface area contributed by atoms with Crippen molar-refractivity contribution in [2.75, 3.05) is 7.05 Å². The number of fused-ring (bicyclic) bond motifs is 2. The molecule has 5 nitrogen and oxygen atoms in total. The van der Waals surface area contributed by atoms with Crippen LogP contribution in [0.2, 0.25) is 0 Å². The predicted molar refractivity (Wildman–Crippen MR) is 111 cm³/mol. The molecule has 1 fully saturated rings. The van der Waals surface area contributed by atoms with Crippen molar-refractivity contribution in [3.63, 3.8) is 0 Å². The lowest BCUT2D eigenvalue weighted by molar-refractivity contribution is 0.361. The molecule has 1 aromatic carbocycles. The molecule has 1 N–H and O–H groups in total. The smallest absolute Gasteiger partial charge is 0.160 e. The fraction of sp³-hybridized carbons (Fsp3) is 0.381. The van der Waals surface area contributed by atoms with Gasteiger partial charge in [0, 0.05) is 46.7 Å². The average Bonchev–Trinajstić information content (AvgIpc) is 3.30. The third-order valence-electron chi connectivity index (χ3n) is 5.77. The Hall–Kier alpha value is -2.38. The molecule has 4 aromatic rings. The van der Waals surface area contributed by atoms with Crippen molar-refractivity contribution in [3.8, 4) is 11.4 Å². The molecule has 0 aliphatic heterocycles. The van der Waals surface area contributed by atoms with Gasteiger partial charge in [-0.15, -0.1) is 11.3 Å². The minimum atomic E-state index is -0.343. The number of hydrogen-bond donors (Lipinski definition) is 1. The fourth-order valence-electron chi connectivity index (χ4n) is 4.20. The molecule has 3 aromatic heterocycles. The van der Waals surface area contributed by atoms with Crippen LogP contribution in [0, 0.1) is 5.82 Å². The number of rotatable bonds is 3. The maximum atomic E-state index is 14.4. The minimum Gasteiger partial charge on any atom is -0.317 e. The van der Waals surface area contributed by atoms with Gasteiger partial charge >= 0.3 is 0 Å². The zero-order valence-electron chi connectivity index (χ0n) is 15.9. The summed E-state index contributed by atoms with van der Waals surface area (Å²) in [6.07, 6.45) is 8.53. The van der Waals surface area contributed by atoms with Crippen molar-refractivity contribution in [2.45, 2.75) is 37.6 Å². The van der Waals surface area contributed by atoms with E-state index >= 15 is 0 Å². The zero-order chi connectivity index (χ0) is 19.3. The first-order valence-electron chi connectivity index (χ1n) is 9.68.